The van der Waals surface area contributed by atoms with Crippen LogP contribution in [0.2, 0.25) is 0 Å². The fourth-order valence-corrected chi connectivity index (χ4v) is 2.53. The highest BCUT2D eigenvalue weighted by molar-refractivity contribution is 5.27. The molecule has 2 nitrogen and oxygen atoms in total. The van der Waals surface area contributed by atoms with Gasteiger partial charge >= 0.3 is 0 Å². The maximum Gasteiger partial charge on any atom is 0.0239 e. The highest BCUT2D eigenvalue weighted by Crippen LogP contribution is 2.19. The van der Waals surface area contributed by atoms with Crippen molar-refractivity contribution >= 4 is 0 Å². The van der Waals surface area contributed by atoms with Gasteiger partial charge in [-0.05, 0) is 57.3 Å². The van der Waals surface area contributed by atoms with Gasteiger partial charge < -0.3 is 5.32 Å². The van der Waals surface area contributed by atoms with E-state index < -0.39 is 0 Å². The highest BCUT2D eigenvalue weighted by atomic mass is 15.1. The second-order valence-corrected chi connectivity index (χ2v) is 5.90. The van der Waals surface area contributed by atoms with Crippen molar-refractivity contribution in [2.45, 2.75) is 58.7 Å². The lowest BCUT2D eigenvalue weighted by Crippen LogP contribution is -2.30. The molecule has 0 unspecified atom stereocenters. The lowest BCUT2D eigenvalue weighted by molar-refractivity contribution is 0.224. The molecule has 1 fully saturated rings. The minimum atomic E-state index is 0.614. The van der Waals surface area contributed by atoms with Crippen molar-refractivity contribution in [2.75, 3.05) is 13.1 Å². The van der Waals surface area contributed by atoms with Gasteiger partial charge in [-0.25, -0.2) is 0 Å². The molecule has 1 aliphatic carbocycles. The minimum absolute atomic E-state index is 0.614. The molecule has 0 spiro atoms. The summed E-state index contributed by atoms with van der Waals surface area (Å²) in [5.41, 5.74) is 3.00. The van der Waals surface area contributed by atoms with Gasteiger partial charge in [0.05, 0.1) is 0 Å². The van der Waals surface area contributed by atoms with Gasteiger partial charge in [0.15, 0.2) is 0 Å². The van der Waals surface area contributed by atoms with Crippen LogP contribution in [0.25, 0.3) is 0 Å². The number of hydrogen-bond acceptors (Lipinski definition) is 2. The Morgan fingerprint density at radius 1 is 1.21 bits per heavy atom. The van der Waals surface area contributed by atoms with Crippen LogP contribution in [0.4, 0.5) is 0 Å². The summed E-state index contributed by atoms with van der Waals surface area (Å²) >= 11 is 0. The van der Waals surface area contributed by atoms with Gasteiger partial charge in [-0.15, -0.1) is 0 Å². The topological polar surface area (TPSA) is 15.3 Å². The van der Waals surface area contributed by atoms with Crippen LogP contribution < -0.4 is 5.32 Å². The van der Waals surface area contributed by atoms with Crippen LogP contribution in [-0.2, 0) is 13.0 Å². The van der Waals surface area contributed by atoms with Crippen molar-refractivity contribution in [1.29, 1.82) is 0 Å². The zero-order chi connectivity index (χ0) is 13.7. The molecule has 0 aromatic heterocycles. The van der Waals surface area contributed by atoms with Crippen LogP contribution >= 0.6 is 0 Å². The van der Waals surface area contributed by atoms with E-state index >= 15 is 0 Å². The molecule has 1 aliphatic rings. The molecule has 0 amide bonds. The maximum atomic E-state index is 3.61. The number of hydrogen-bond donors (Lipinski definition) is 1. The summed E-state index contributed by atoms with van der Waals surface area (Å²) in [7, 11) is 0. The molecule has 0 saturated heterocycles. The van der Waals surface area contributed by atoms with Crippen molar-refractivity contribution in [3.63, 3.8) is 0 Å². The minimum Gasteiger partial charge on any atom is -0.314 e. The number of nitrogens with one attached hydrogen (secondary N) is 1. The largest absolute Gasteiger partial charge is 0.314 e. The zero-order valence-electron chi connectivity index (χ0n) is 12.7. The quantitative estimate of drug-likeness (QED) is 0.772. The predicted molar refractivity (Wildman–Crippen MR) is 82.4 cm³/mol. The first-order chi connectivity index (χ1) is 9.20. The smallest absolute Gasteiger partial charge is 0.0239 e. The van der Waals surface area contributed by atoms with Crippen molar-refractivity contribution in [3.05, 3.63) is 35.4 Å². The summed E-state index contributed by atoms with van der Waals surface area (Å²) < 4.78 is 0. The van der Waals surface area contributed by atoms with Crippen molar-refractivity contribution in [2.24, 2.45) is 0 Å². The third-order valence-corrected chi connectivity index (χ3v) is 4.03. The Morgan fingerprint density at radius 3 is 2.47 bits per heavy atom. The lowest BCUT2D eigenvalue weighted by Gasteiger charge is -2.26. The maximum absolute atomic E-state index is 3.61. The van der Waals surface area contributed by atoms with Crippen LogP contribution in [0.1, 0.15) is 44.7 Å². The lowest BCUT2D eigenvalue weighted by atomic mass is 10.0. The van der Waals surface area contributed by atoms with Crippen LogP contribution in [-0.4, -0.2) is 30.1 Å². The van der Waals surface area contributed by atoms with Crippen LogP contribution in [0.5, 0.6) is 0 Å². The van der Waals surface area contributed by atoms with E-state index in [9.17, 15) is 0 Å². The average molecular weight is 260 g/mol. The van der Waals surface area contributed by atoms with Gasteiger partial charge in [-0.3, -0.25) is 4.90 Å². The Balaban J connectivity index is 1.93. The number of rotatable bonds is 8. The monoisotopic (exact) mass is 260 g/mol. The fraction of sp³-hybridized carbons (Fsp3) is 0.647. The molecule has 2 rings (SSSR count). The van der Waals surface area contributed by atoms with Gasteiger partial charge in [0.1, 0.15) is 0 Å². The predicted octanol–water partition coefficient (Wildman–Crippen LogP) is 3.21. The van der Waals surface area contributed by atoms with E-state index in [-0.39, 0.29) is 0 Å². The Bertz CT molecular complexity index is 383. The van der Waals surface area contributed by atoms with E-state index in [0.29, 0.717) is 6.04 Å². The summed E-state index contributed by atoms with van der Waals surface area (Å²) in [6, 6.07) is 10.3. The molecule has 0 bridgehead atoms. The van der Waals surface area contributed by atoms with Crippen molar-refractivity contribution < 1.29 is 0 Å². The molecule has 1 saturated carbocycles. The van der Waals surface area contributed by atoms with E-state index in [0.717, 1.165) is 32.1 Å². The Labute approximate surface area is 118 Å². The van der Waals surface area contributed by atoms with Gasteiger partial charge in [-0.1, -0.05) is 31.2 Å². The van der Waals surface area contributed by atoms with Gasteiger partial charge in [0.2, 0.25) is 0 Å². The summed E-state index contributed by atoms with van der Waals surface area (Å²) in [4.78, 5) is 2.52. The SMILES string of the molecule is CCN(Cc1ccccc1CCNC1CC1)C(C)C. The standard InChI is InChI=1S/C17H28N2/c1-4-19(14(2)3)13-16-8-6-5-7-15(16)11-12-18-17-9-10-17/h5-8,14,17-18H,4,9-13H2,1-3H3. The summed E-state index contributed by atoms with van der Waals surface area (Å²) in [5, 5.41) is 3.61. The zero-order valence-corrected chi connectivity index (χ0v) is 12.7. The van der Waals surface area contributed by atoms with Crippen molar-refractivity contribution in [1.82, 2.24) is 10.2 Å². The van der Waals surface area contributed by atoms with E-state index in [2.05, 4.69) is 55.3 Å². The molecular weight excluding hydrogens is 232 g/mol. The molecule has 1 aromatic rings. The Morgan fingerprint density at radius 2 is 1.89 bits per heavy atom. The summed E-state index contributed by atoms with van der Waals surface area (Å²) in [6.07, 6.45) is 3.90. The van der Waals surface area contributed by atoms with Crippen LogP contribution in [0.3, 0.4) is 0 Å². The molecule has 1 N–H and O–H groups in total. The van der Waals surface area contributed by atoms with E-state index in [1.54, 1.807) is 0 Å². The first kappa shape index (κ1) is 14.5. The van der Waals surface area contributed by atoms with E-state index in [1.807, 2.05) is 0 Å². The van der Waals surface area contributed by atoms with Crippen LogP contribution in [0.15, 0.2) is 24.3 Å². The second kappa shape index (κ2) is 7.06. The average Bonchev–Trinajstić information content (AvgIpc) is 3.21. The molecule has 0 aliphatic heterocycles. The first-order valence-corrected chi connectivity index (χ1v) is 7.75. The highest BCUT2D eigenvalue weighted by Gasteiger charge is 2.19. The second-order valence-electron chi connectivity index (χ2n) is 5.90. The molecule has 0 heterocycles. The Hall–Kier alpha value is -0.860. The molecule has 0 atom stereocenters. The molecule has 106 valence electrons. The molecule has 19 heavy (non-hydrogen) atoms. The number of benzene rings is 1. The molecule has 1 aromatic carbocycles. The van der Waals surface area contributed by atoms with Gasteiger partial charge in [0, 0.05) is 18.6 Å². The molecule has 0 radical (unpaired) electrons. The van der Waals surface area contributed by atoms with Crippen molar-refractivity contribution in [3.8, 4) is 0 Å². The van der Waals surface area contributed by atoms with E-state index in [1.165, 1.54) is 24.0 Å². The fourth-order valence-electron chi connectivity index (χ4n) is 2.53. The summed E-state index contributed by atoms with van der Waals surface area (Å²) in [6.45, 7) is 10.1. The number of nitrogens with zero attached hydrogens (tertiary/aromatic N) is 1. The molecule has 2 heteroatoms. The normalized spacial score (nSPS) is 15.4. The Kier molecular flexibility index (Phi) is 5.41. The summed E-state index contributed by atoms with van der Waals surface area (Å²) in [5.74, 6) is 0. The third kappa shape index (κ3) is 4.63. The van der Waals surface area contributed by atoms with Gasteiger partial charge in [0.25, 0.3) is 0 Å². The first-order valence-electron chi connectivity index (χ1n) is 7.75. The van der Waals surface area contributed by atoms with Gasteiger partial charge in [-0.2, -0.15) is 0 Å². The van der Waals surface area contributed by atoms with E-state index in [4.69, 9.17) is 0 Å². The van der Waals surface area contributed by atoms with Crippen LogP contribution in [0, 0.1) is 0 Å². The third-order valence-electron chi connectivity index (χ3n) is 4.03. The molecular formula is C17H28N2.